The molecule has 0 N–H and O–H groups in total. The Morgan fingerprint density at radius 2 is 0.846 bits per heavy atom. The van der Waals surface area contributed by atoms with Gasteiger partial charge in [0.2, 0.25) is 5.91 Å². The lowest BCUT2D eigenvalue weighted by Crippen LogP contribution is -2.44. The zero-order valence-corrected chi connectivity index (χ0v) is 29.5. The Hall–Kier alpha value is -0.239. The van der Waals surface area contributed by atoms with Crippen LogP contribution in [-0.2, 0) is 44.6 Å². The lowest BCUT2D eigenvalue weighted by molar-refractivity contribution is -0.129. The molecule has 234 valence electrons. The van der Waals surface area contributed by atoms with E-state index in [0.717, 1.165) is 44.9 Å². The third kappa shape index (κ3) is 12.3. The first-order valence-corrected chi connectivity index (χ1v) is 19.5. The SMILES string of the molecule is CCN(CCC(CCC[Si](OC)(OC)OC)(CCC[Si](OC)(OC)OC)CCC[Si](OC)(OC)OC)C(C)=O. The molecule has 0 spiro atoms. The second-order valence-electron chi connectivity index (χ2n) is 9.80. The van der Waals surface area contributed by atoms with E-state index >= 15 is 0 Å². The van der Waals surface area contributed by atoms with E-state index in [1.54, 1.807) is 70.9 Å². The first-order chi connectivity index (χ1) is 18.5. The van der Waals surface area contributed by atoms with Crippen LogP contribution >= 0.6 is 0 Å². The number of nitrogens with zero attached hydrogens (tertiary/aromatic N) is 1. The fraction of sp³-hybridized carbons (Fsp3) is 0.960. The van der Waals surface area contributed by atoms with Gasteiger partial charge in [-0.05, 0) is 57.3 Å². The molecular formula is C25H57NO10Si3. The highest BCUT2D eigenvalue weighted by molar-refractivity contribution is 6.61. The topological polar surface area (TPSA) is 103 Å². The molecule has 0 atom stereocenters. The quantitative estimate of drug-likeness (QED) is 0.139. The lowest BCUT2D eigenvalue weighted by atomic mass is 9.73. The van der Waals surface area contributed by atoms with Gasteiger partial charge < -0.3 is 44.7 Å². The fourth-order valence-electron chi connectivity index (χ4n) is 5.37. The molecule has 1 amide bonds. The predicted molar refractivity (Wildman–Crippen MR) is 157 cm³/mol. The van der Waals surface area contributed by atoms with E-state index in [0.29, 0.717) is 31.2 Å². The van der Waals surface area contributed by atoms with Gasteiger partial charge in [-0.15, -0.1) is 0 Å². The highest BCUT2D eigenvalue weighted by atomic mass is 28.4. The third-order valence-corrected chi connectivity index (χ3v) is 16.6. The Labute approximate surface area is 241 Å². The van der Waals surface area contributed by atoms with Gasteiger partial charge in [-0.2, -0.15) is 0 Å². The first kappa shape index (κ1) is 38.8. The second-order valence-corrected chi connectivity index (χ2v) is 19.1. The smallest absolute Gasteiger partial charge is 0.377 e. The fourth-order valence-corrected chi connectivity index (χ4v) is 10.5. The molecule has 0 saturated carbocycles. The van der Waals surface area contributed by atoms with Crippen LogP contribution in [0.3, 0.4) is 0 Å². The van der Waals surface area contributed by atoms with E-state index in [1.165, 1.54) is 0 Å². The van der Waals surface area contributed by atoms with Crippen LogP contribution in [0.5, 0.6) is 0 Å². The van der Waals surface area contributed by atoms with Gasteiger partial charge in [0.1, 0.15) is 0 Å². The van der Waals surface area contributed by atoms with Gasteiger partial charge in [-0.1, -0.05) is 0 Å². The molecule has 0 aliphatic heterocycles. The second kappa shape index (κ2) is 19.8. The maximum absolute atomic E-state index is 12.3. The summed E-state index contributed by atoms with van der Waals surface area (Å²) in [5, 5.41) is 0. The minimum absolute atomic E-state index is 0.0665. The van der Waals surface area contributed by atoms with Crippen LogP contribution in [0.25, 0.3) is 0 Å². The standard InChI is InChI=1S/C25H57NO10Si3/c1-12-26(24(2)27)20-19-25(16-13-21-37(28-3,29-4)30-5,17-14-22-38(31-6,32-7)33-8)18-15-23-39(34-9,35-10)36-11/h12-23H2,1-11H3. The number of hydrogen-bond donors (Lipinski definition) is 0. The largest absolute Gasteiger partial charge is 0.500 e. The average molecular weight is 616 g/mol. The normalized spacial score (nSPS) is 13.2. The Balaban J connectivity index is 6.09. The molecule has 39 heavy (non-hydrogen) atoms. The van der Waals surface area contributed by atoms with Crippen LogP contribution in [-0.4, -0.2) is 114 Å². The number of amides is 1. The van der Waals surface area contributed by atoms with Gasteiger partial charge in [0.25, 0.3) is 0 Å². The summed E-state index contributed by atoms with van der Waals surface area (Å²) in [5.41, 5.74) is -0.0665. The minimum atomic E-state index is -2.71. The van der Waals surface area contributed by atoms with Crippen molar-refractivity contribution in [2.45, 2.75) is 76.9 Å². The summed E-state index contributed by atoms with van der Waals surface area (Å²) in [7, 11) is 6.67. The molecule has 14 heteroatoms. The summed E-state index contributed by atoms with van der Waals surface area (Å²) in [5.74, 6) is 0.0881. The minimum Gasteiger partial charge on any atom is -0.377 e. The van der Waals surface area contributed by atoms with Crippen LogP contribution < -0.4 is 0 Å². The average Bonchev–Trinajstić information content (AvgIpc) is 2.96. The van der Waals surface area contributed by atoms with Crippen molar-refractivity contribution in [1.82, 2.24) is 4.90 Å². The molecule has 11 nitrogen and oxygen atoms in total. The highest BCUT2D eigenvalue weighted by Gasteiger charge is 2.42. The summed E-state index contributed by atoms with van der Waals surface area (Å²) in [4.78, 5) is 14.2. The van der Waals surface area contributed by atoms with Crippen molar-refractivity contribution in [1.29, 1.82) is 0 Å². The molecule has 0 saturated heterocycles. The molecule has 0 radical (unpaired) electrons. The summed E-state index contributed by atoms with van der Waals surface area (Å²) in [6.07, 6.45) is 6.26. The van der Waals surface area contributed by atoms with Gasteiger partial charge in [0.05, 0.1) is 0 Å². The van der Waals surface area contributed by atoms with E-state index in [9.17, 15) is 4.79 Å². The van der Waals surface area contributed by atoms with Gasteiger partial charge in [0.15, 0.2) is 0 Å². The maximum Gasteiger partial charge on any atom is 0.500 e. The third-order valence-electron chi connectivity index (χ3n) is 8.11. The van der Waals surface area contributed by atoms with E-state index < -0.39 is 26.4 Å². The van der Waals surface area contributed by atoms with Crippen LogP contribution in [0.2, 0.25) is 18.1 Å². The van der Waals surface area contributed by atoms with Crippen molar-refractivity contribution in [3.05, 3.63) is 0 Å². The molecule has 0 aromatic carbocycles. The molecule has 0 bridgehead atoms. The van der Waals surface area contributed by atoms with Crippen molar-refractivity contribution in [2.75, 3.05) is 77.1 Å². The van der Waals surface area contributed by atoms with E-state index in [2.05, 4.69) is 0 Å². The molecule has 0 rings (SSSR count). The lowest BCUT2D eigenvalue weighted by Gasteiger charge is -2.38. The van der Waals surface area contributed by atoms with Crippen molar-refractivity contribution in [3.63, 3.8) is 0 Å². The molecule has 0 heterocycles. The maximum atomic E-state index is 12.3. The Bertz CT molecular complexity index is 560. The van der Waals surface area contributed by atoms with Crippen molar-refractivity contribution in [3.8, 4) is 0 Å². The zero-order chi connectivity index (χ0) is 30.0. The number of carbonyl (C=O) groups is 1. The molecule has 0 aliphatic carbocycles. The number of hydrogen-bond acceptors (Lipinski definition) is 10. The van der Waals surface area contributed by atoms with Crippen LogP contribution in [0, 0.1) is 5.41 Å². The zero-order valence-electron chi connectivity index (χ0n) is 26.5. The highest BCUT2D eigenvalue weighted by Crippen LogP contribution is 2.42. The van der Waals surface area contributed by atoms with Gasteiger partial charge >= 0.3 is 26.4 Å². The van der Waals surface area contributed by atoms with Crippen molar-refractivity contribution >= 4 is 32.3 Å². The van der Waals surface area contributed by atoms with Gasteiger partial charge in [-0.3, -0.25) is 4.79 Å². The summed E-state index contributed by atoms with van der Waals surface area (Å²) in [6.45, 7) is 5.02. The first-order valence-electron chi connectivity index (χ1n) is 13.8. The Morgan fingerprint density at radius 3 is 1.05 bits per heavy atom. The number of rotatable bonds is 25. The van der Waals surface area contributed by atoms with Crippen LogP contribution in [0.1, 0.15) is 58.8 Å². The summed E-state index contributed by atoms with van der Waals surface area (Å²) < 4.78 is 51.2. The van der Waals surface area contributed by atoms with Crippen LogP contribution in [0.15, 0.2) is 0 Å². The van der Waals surface area contributed by atoms with Crippen molar-refractivity contribution < 1.29 is 44.6 Å². The summed E-state index contributed by atoms with van der Waals surface area (Å²) >= 11 is 0. The van der Waals surface area contributed by atoms with Gasteiger partial charge in [0, 0.05) is 102 Å². The van der Waals surface area contributed by atoms with E-state index in [4.69, 9.17) is 39.8 Å². The monoisotopic (exact) mass is 615 g/mol. The predicted octanol–water partition coefficient (Wildman–Crippen LogP) is 4.21. The molecule has 0 fully saturated rings. The van der Waals surface area contributed by atoms with Crippen molar-refractivity contribution in [2.24, 2.45) is 5.41 Å². The Morgan fingerprint density at radius 1 is 0.564 bits per heavy atom. The number of carbonyl (C=O) groups excluding carboxylic acids is 1. The molecule has 0 aromatic rings. The molecule has 0 aromatic heterocycles. The van der Waals surface area contributed by atoms with E-state index in [1.807, 2.05) is 11.8 Å². The molecular weight excluding hydrogens is 559 g/mol. The Kier molecular flexibility index (Phi) is 19.7. The summed E-state index contributed by atoms with van der Waals surface area (Å²) in [6, 6.07) is 2.13. The van der Waals surface area contributed by atoms with Crippen LogP contribution in [0.4, 0.5) is 0 Å². The molecule has 0 aliphatic rings. The van der Waals surface area contributed by atoms with E-state index in [-0.39, 0.29) is 11.3 Å². The molecule has 0 unspecified atom stereocenters. The van der Waals surface area contributed by atoms with Gasteiger partial charge in [-0.25, -0.2) is 0 Å².